The zero-order chi connectivity index (χ0) is 11.8. The molecule has 0 aliphatic rings. The maximum Gasteiger partial charge on any atom is 0.162 e. The number of aromatic nitrogens is 2. The van der Waals surface area contributed by atoms with Crippen molar-refractivity contribution in [3.05, 3.63) is 46.0 Å². The summed E-state index contributed by atoms with van der Waals surface area (Å²) < 4.78 is 13.1. The third kappa shape index (κ3) is 1.90. The molecule has 0 aliphatic carbocycles. The van der Waals surface area contributed by atoms with E-state index >= 15 is 0 Å². The Morgan fingerprint density at radius 1 is 1.18 bits per heavy atom. The van der Waals surface area contributed by atoms with Crippen molar-refractivity contribution in [3.63, 3.8) is 0 Å². The van der Waals surface area contributed by atoms with Crippen LogP contribution in [0, 0.1) is 5.82 Å². The first-order valence-corrected chi connectivity index (χ1v) is 6.21. The summed E-state index contributed by atoms with van der Waals surface area (Å²) in [7, 11) is 0. The summed E-state index contributed by atoms with van der Waals surface area (Å²) >= 11 is 7.61. The Morgan fingerprint density at radius 2 is 2.06 bits per heavy atom. The van der Waals surface area contributed by atoms with Gasteiger partial charge in [-0.3, -0.25) is 0 Å². The molecule has 0 N–H and O–H groups in total. The number of thiophene rings is 1. The van der Waals surface area contributed by atoms with Crippen LogP contribution in [0.15, 0.2) is 35.0 Å². The van der Waals surface area contributed by atoms with Crippen LogP contribution in [-0.2, 0) is 0 Å². The quantitative estimate of drug-likeness (QED) is 0.617. The molecule has 0 spiro atoms. The summed E-state index contributed by atoms with van der Waals surface area (Å²) in [6.45, 7) is 0. The Kier molecular flexibility index (Phi) is 2.53. The van der Waals surface area contributed by atoms with Crippen molar-refractivity contribution < 1.29 is 4.39 Å². The normalized spacial score (nSPS) is 10.9. The fourth-order valence-corrected chi connectivity index (χ4v) is 2.46. The molecule has 0 unspecified atom stereocenters. The van der Waals surface area contributed by atoms with Gasteiger partial charge < -0.3 is 0 Å². The number of halogens is 2. The summed E-state index contributed by atoms with van der Waals surface area (Å²) in [5.41, 5.74) is 1.41. The smallest absolute Gasteiger partial charge is 0.162 e. The molecule has 2 heterocycles. The Labute approximate surface area is 106 Å². The largest absolute Gasteiger partial charge is 0.228 e. The van der Waals surface area contributed by atoms with E-state index in [1.807, 2.05) is 16.8 Å². The third-order valence-electron chi connectivity index (χ3n) is 2.39. The molecule has 3 aromatic rings. The first kappa shape index (κ1) is 10.6. The zero-order valence-electron chi connectivity index (χ0n) is 8.52. The lowest BCUT2D eigenvalue weighted by Crippen LogP contribution is -1.91. The Hall–Kier alpha value is -1.52. The number of rotatable bonds is 1. The van der Waals surface area contributed by atoms with E-state index in [2.05, 4.69) is 9.97 Å². The molecule has 0 atom stereocenters. The fraction of sp³-hybridized carbons (Fsp3) is 0. The van der Waals surface area contributed by atoms with Gasteiger partial charge in [0.1, 0.15) is 11.0 Å². The summed E-state index contributed by atoms with van der Waals surface area (Å²) in [6, 6.07) is 6.20. The van der Waals surface area contributed by atoms with Gasteiger partial charge in [0.15, 0.2) is 5.82 Å². The highest BCUT2D eigenvalue weighted by Gasteiger charge is 2.08. The zero-order valence-corrected chi connectivity index (χ0v) is 10.1. The van der Waals surface area contributed by atoms with Crippen LogP contribution in [-0.4, -0.2) is 9.97 Å². The van der Waals surface area contributed by atoms with Gasteiger partial charge in [0.05, 0.1) is 5.52 Å². The fourth-order valence-electron chi connectivity index (χ4n) is 1.58. The van der Waals surface area contributed by atoms with Gasteiger partial charge >= 0.3 is 0 Å². The maximum absolute atomic E-state index is 13.1. The molecule has 0 bridgehead atoms. The van der Waals surface area contributed by atoms with Gasteiger partial charge in [-0.1, -0.05) is 11.6 Å². The summed E-state index contributed by atoms with van der Waals surface area (Å²) in [4.78, 5) is 8.52. The first-order chi connectivity index (χ1) is 8.24. The van der Waals surface area contributed by atoms with Crippen LogP contribution in [0.4, 0.5) is 4.39 Å². The van der Waals surface area contributed by atoms with Gasteiger partial charge in [-0.05, 0) is 23.6 Å². The second-order valence-electron chi connectivity index (χ2n) is 3.51. The highest BCUT2D eigenvalue weighted by molar-refractivity contribution is 7.08. The Morgan fingerprint density at radius 3 is 2.82 bits per heavy atom. The van der Waals surface area contributed by atoms with E-state index in [-0.39, 0.29) is 5.82 Å². The minimum atomic E-state index is -0.330. The van der Waals surface area contributed by atoms with Crippen LogP contribution in [0.3, 0.4) is 0 Å². The van der Waals surface area contributed by atoms with Crippen molar-refractivity contribution in [1.82, 2.24) is 9.97 Å². The Bertz CT molecular complexity index is 682. The van der Waals surface area contributed by atoms with Crippen molar-refractivity contribution in [2.45, 2.75) is 0 Å². The van der Waals surface area contributed by atoms with Crippen LogP contribution >= 0.6 is 22.9 Å². The number of benzene rings is 1. The van der Waals surface area contributed by atoms with Crippen LogP contribution in [0.2, 0.25) is 5.15 Å². The minimum Gasteiger partial charge on any atom is -0.228 e. The lowest BCUT2D eigenvalue weighted by molar-refractivity contribution is 0.629. The SMILES string of the molecule is Fc1ccc2c(Cl)nc(-c3ccsc3)nc2c1. The highest BCUT2D eigenvalue weighted by Crippen LogP contribution is 2.26. The molecule has 0 amide bonds. The van der Waals surface area contributed by atoms with Gasteiger partial charge in [0, 0.05) is 22.4 Å². The van der Waals surface area contributed by atoms with E-state index in [4.69, 9.17) is 11.6 Å². The van der Waals surface area contributed by atoms with Crippen molar-refractivity contribution in [2.24, 2.45) is 0 Å². The minimum absolute atomic E-state index is 0.330. The summed E-state index contributed by atoms with van der Waals surface area (Å²) in [5.74, 6) is 0.192. The maximum atomic E-state index is 13.1. The average molecular weight is 265 g/mol. The number of hydrogen-bond acceptors (Lipinski definition) is 3. The van der Waals surface area contributed by atoms with Crippen molar-refractivity contribution in [1.29, 1.82) is 0 Å². The van der Waals surface area contributed by atoms with Gasteiger partial charge in [0.2, 0.25) is 0 Å². The number of hydrogen-bond donors (Lipinski definition) is 0. The van der Waals surface area contributed by atoms with Crippen molar-refractivity contribution >= 4 is 33.8 Å². The molecule has 1 aromatic carbocycles. The first-order valence-electron chi connectivity index (χ1n) is 4.89. The molecule has 0 aliphatic heterocycles. The molecule has 2 nitrogen and oxygen atoms in total. The molecule has 0 saturated carbocycles. The Balaban J connectivity index is 2.29. The molecule has 0 radical (unpaired) electrons. The molecule has 5 heteroatoms. The predicted molar refractivity (Wildman–Crippen MR) is 67.8 cm³/mol. The monoisotopic (exact) mass is 264 g/mol. The number of fused-ring (bicyclic) bond motifs is 1. The molecular formula is C12H6ClFN2S. The van der Waals surface area contributed by atoms with E-state index < -0.39 is 0 Å². The van der Waals surface area contributed by atoms with Crippen LogP contribution in [0.5, 0.6) is 0 Å². The standard InChI is InChI=1S/C12H6ClFN2S/c13-11-9-2-1-8(14)5-10(9)15-12(16-11)7-3-4-17-6-7/h1-6H. The lowest BCUT2D eigenvalue weighted by atomic mass is 10.2. The van der Waals surface area contributed by atoms with E-state index in [1.54, 1.807) is 17.4 Å². The van der Waals surface area contributed by atoms with Crippen molar-refractivity contribution in [2.75, 3.05) is 0 Å². The van der Waals surface area contributed by atoms with E-state index in [0.29, 0.717) is 21.9 Å². The third-order valence-corrected chi connectivity index (χ3v) is 3.36. The number of nitrogens with zero attached hydrogens (tertiary/aromatic N) is 2. The lowest BCUT2D eigenvalue weighted by Gasteiger charge is -2.02. The van der Waals surface area contributed by atoms with Gasteiger partial charge in [0.25, 0.3) is 0 Å². The second kappa shape index (κ2) is 4.05. The molecule has 3 rings (SSSR count). The van der Waals surface area contributed by atoms with Crippen LogP contribution in [0.25, 0.3) is 22.3 Å². The van der Waals surface area contributed by atoms with Gasteiger partial charge in [-0.2, -0.15) is 11.3 Å². The topological polar surface area (TPSA) is 25.8 Å². The molecule has 0 saturated heterocycles. The second-order valence-corrected chi connectivity index (χ2v) is 4.65. The highest BCUT2D eigenvalue weighted by atomic mass is 35.5. The van der Waals surface area contributed by atoms with Crippen molar-refractivity contribution in [3.8, 4) is 11.4 Å². The van der Waals surface area contributed by atoms with E-state index in [0.717, 1.165) is 5.56 Å². The summed E-state index contributed by atoms with van der Waals surface area (Å²) in [6.07, 6.45) is 0. The van der Waals surface area contributed by atoms with E-state index in [1.165, 1.54) is 12.1 Å². The van der Waals surface area contributed by atoms with Crippen LogP contribution < -0.4 is 0 Å². The predicted octanol–water partition coefficient (Wildman–Crippen LogP) is 4.15. The molecule has 2 aromatic heterocycles. The summed E-state index contributed by atoms with van der Waals surface area (Å²) in [5, 5.41) is 4.86. The molecule has 0 fully saturated rings. The molecule has 84 valence electrons. The van der Waals surface area contributed by atoms with Crippen LogP contribution in [0.1, 0.15) is 0 Å². The van der Waals surface area contributed by atoms with Gasteiger partial charge in [-0.25, -0.2) is 14.4 Å². The molecule has 17 heavy (non-hydrogen) atoms. The average Bonchev–Trinajstić information content (AvgIpc) is 2.81. The molecular weight excluding hydrogens is 259 g/mol. The van der Waals surface area contributed by atoms with Gasteiger partial charge in [-0.15, -0.1) is 0 Å². The van der Waals surface area contributed by atoms with E-state index in [9.17, 15) is 4.39 Å².